The van der Waals surface area contributed by atoms with E-state index in [0.29, 0.717) is 18.1 Å². The number of benzene rings is 2. The normalized spacial score (nSPS) is 11.8. The summed E-state index contributed by atoms with van der Waals surface area (Å²) in [6.07, 6.45) is 1.09. The Labute approximate surface area is 172 Å². The minimum absolute atomic E-state index is 0.0951. The van der Waals surface area contributed by atoms with Gasteiger partial charge in [0.15, 0.2) is 0 Å². The van der Waals surface area contributed by atoms with Crippen LogP contribution < -0.4 is 5.32 Å². The summed E-state index contributed by atoms with van der Waals surface area (Å²) in [4.78, 5) is 27.3. The van der Waals surface area contributed by atoms with Gasteiger partial charge < -0.3 is 10.2 Å². The van der Waals surface area contributed by atoms with Crippen molar-refractivity contribution in [3.63, 3.8) is 0 Å². The fraction of sp³-hybridized carbons (Fsp3) is 0.391. The van der Waals surface area contributed by atoms with Gasteiger partial charge in [0.2, 0.25) is 11.8 Å². The summed E-state index contributed by atoms with van der Waals surface area (Å²) in [6.45, 7) is 8.73. The predicted molar refractivity (Wildman–Crippen MR) is 114 cm³/mol. The minimum Gasteiger partial charge on any atom is -0.354 e. The molecule has 0 spiro atoms. The molecular weight excluding hydrogens is 372 g/mol. The number of halogens is 1. The Morgan fingerprint density at radius 1 is 1.11 bits per heavy atom. The SMILES string of the molecule is CCCNC(=O)[C@@H](C)N(Cc1ccccc1Cl)C(=O)Cc1ccc(C)c(C)c1. The van der Waals surface area contributed by atoms with Crippen LogP contribution in [0.15, 0.2) is 42.5 Å². The lowest BCUT2D eigenvalue weighted by Crippen LogP contribution is -2.48. The molecule has 0 fully saturated rings. The molecular formula is C23H29ClN2O2. The van der Waals surface area contributed by atoms with Gasteiger partial charge in [0, 0.05) is 18.1 Å². The fourth-order valence-electron chi connectivity index (χ4n) is 2.98. The Bertz CT molecular complexity index is 835. The zero-order valence-corrected chi connectivity index (χ0v) is 17.8. The smallest absolute Gasteiger partial charge is 0.242 e. The van der Waals surface area contributed by atoms with Crippen LogP contribution in [0.25, 0.3) is 0 Å². The van der Waals surface area contributed by atoms with E-state index in [2.05, 4.69) is 5.32 Å². The van der Waals surface area contributed by atoms with Crippen LogP contribution in [-0.4, -0.2) is 29.3 Å². The lowest BCUT2D eigenvalue weighted by molar-refractivity contribution is -0.140. The van der Waals surface area contributed by atoms with Crippen LogP contribution in [0, 0.1) is 13.8 Å². The van der Waals surface area contributed by atoms with E-state index in [1.807, 2.05) is 57.2 Å². The summed E-state index contributed by atoms with van der Waals surface area (Å²) in [5.41, 5.74) is 4.11. The molecule has 0 saturated heterocycles. The van der Waals surface area contributed by atoms with E-state index in [4.69, 9.17) is 11.6 Å². The molecule has 150 valence electrons. The van der Waals surface area contributed by atoms with Gasteiger partial charge in [0.25, 0.3) is 0 Å². The van der Waals surface area contributed by atoms with Gasteiger partial charge in [0.05, 0.1) is 6.42 Å². The Morgan fingerprint density at radius 2 is 1.82 bits per heavy atom. The van der Waals surface area contributed by atoms with Crippen LogP contribution in [-0.2, 0) is 22.6 Å². The Kier molecular flexibility index (Phi) is 8.06. The van der Waals surface area contributed by atoms with E-state index < -0.39 is 6.04 Å². The van der Waals surface area contributed by atoms with E-state index in [0.717, 1.165) is 23.1 Å². The molecule has 2 aromatic carbocycles. The third-order valence-electron chi connectivity index (χ3n) is 4.94. The van der Waals surface area contributed by atoms with Gasteiger partial charge in [-0.15, -0.1) is 0 Å². The number of nitrogens with zero attached hydrogens (tertiary/aromatic N) is 1. The highest BCUT2D eigenvalue weighted by atomic mass is 35.5. The molecule has 4 nitrogen and oxygen atoms in total. The average molecular weight is 401 g/mol. The molecule has 2 amide bonds. The summed E-state index contributed by atoms with van der Waals surface area (Å²) in [5.74, 6) is -0.246. The first-order valence-corrected chi connectivity index (χ1v) is 10.1. The predicted octanol–water partition coefficient (Wildman–Crippen LogP) is 4.44. The highest BCUT2D eigenvalue weighted by molar-refractivity contribution is 6.31. The number of nitrogens with one attached hydrogen (secondary N) is 1. The topological polar surface area (TPSA) is 49.4 Å². The van der Waals surface area contributed by atoms with Gasteiger partial charge in [-0.2, -0.15) is 0 Å². The molecule has 0 saturated carbocycles. The maximum atomic E-state index is 13.1. The highest BCUT2D eigenvalue weighted by Crippen LogP contribution is 2.20. The molecule has 0 aliphatic heterocycles. The first kappa shape index (κ1) is 22.0. The van der Waals surface area contributed by atoms with Crippen molar-refractivity contribution in [2.75, 3.05) is 6.54 Å². The fourth-order valence-corrected chi connectivity index (χ4v) is 3.17. The van der Waals surface area contributed by atoms with E-state index in [1.54, 1.807) is 17.9 Å². The largest absolute Gasteiger partial charge is 0.354 e. The van der Waals surface area contributed by atoms with Crippen LogP contribution in [0.5, 0.6) is 0 Å². The van der Waals surface area contributed by atoms with Crippen LogP contribution >= 0.6 is 11.6 Å². The van der Waals surface area contributed by atoms with Crippen molar-refractivity contribution >= 4 is 23.4 Å². The number of rotatable bonds is 8. The second-order valence-electron chi connectivity index (χ2n) is 7.18. The molecule has 2 rings (SSSR count). The molecule has 0 heterocycles. The zero-order chi connectivity index (χ0) is 20.7. The van der Waals surface area contributed by atoms with Crippen molar-refractivity contribution in [1.82, 2.24) is 10.2 Å². The zero-order valence-electron chi connectivity index (χ0n) is 17.1. The molecule has 5 heteroatoms. The molecule has 1 atom stereocenters. The number of hydrogen-bond donors (Lipinski definition) is 1. The molecule has 0 aliphatic carbocycles. The monoisotopic (exact) mass is 400 g/mol. The number of aryl methyl sites for hydroxylation is 2. The van der Waals surface area contributed by atoms with Gasteiger partial charge in [-0.05, 0) is 55.5 Å². The molecule has 0 aliphatic rings. The summed E-state index contributed by atoms with van der Waals surface area (Å²) in [5, 5.41) is 3.47. The van der Waals surface area contributed by atoms with E-state index >= 15 is 0 Å². The van der Waals surface area contributed by atoms with Gasteiger partial charge in [-0.1, -0.05) is 54.9 Å². The lowest BCUT2D eigenvalue weighted by Gasteiger charge is -2.29. The molecule has 1 N–H and O–H groups in total. The summed E-state index contributed by atoms with van der Waals surface area (Å²) in [7, 11) is 0. The molecule has 0 radical (unpaired) electrons. The highest BCUT2D eigenvalue weighted by Gasteiger charge is 2.26. The molecule has 28 heavy (non-hydrogen) atoms. The quantitative estimate of drug-likeness (QED) is 0.711. The third kappa shape index (κ3) is 5.83. The molecule has 0 unspecified atom stereocenters. The first-order chi connectivity index (χ1) is 13.3. The van der Waals surface area contributed by atoms with Crippen molar-refractivity contribution in [3.05, 3.63) is 69.7 Å². The Hall–Kier alpha value is -2.33. The first-order valence-electron chi connectivity index (χ1n) is 9.70. The van der Waals surface area contributed by atoms with Crippen molar-refractivity contribution in [1.29, 1.82) is 0 Å². The summed E-state index contributed by atoms with van der Waals surface area (Å²) >= 11 is 6.30. The van der Waals surface area contributed by atoms with Crippen LogP contribution in [0.2, 0.25) is 5.02 Å². The molecule has 0 bridgehead atoms. The van der Waals surface area contributed by atoms with E-state index in [9.17, 15) is 9.59 Å². The van der Waals surface area contributed by atoms with Gasteiger partial charge >= 0.3 is 0 Å². The maximum Gasteiger partial charge on any atom is 0.242 e. The van der Waals surface area contributed by atoms with E-state index in [1.165, 1.54) is 5.56 Å². The number of carbonyl (C=O) groups excluding carboxylic acids is 2. The van der Waals surface area contributed by atoms with Crippen LogP contribution in [0.1, 0.15) is 42.5 Å². The maximum absolute atomic E-state index is 13.1. The summed E-state index contributed by atoms with van der Waals surface area (Å²) < 4.78 is 0. The van der Waals surface area contributed by atoms with Crippen molar-refractivity contribution in [2.24, 2.45) is 0 Å². The molecule has 0 aromatic heterocycles. The minimum atomic E-state index is -0.582. The number of amides is 2. The Morgan fingerprint density at radius 3 is 2.46 bits per heavy atom. The van der Waals surface area contributed by atoms with Crippen LogP contribution in [0.3, 0.4) is 0 Å². The van der Waals surface area contributed by atoms with Crippen molar-refractivity contribution < 1.29 is 9.59 Å². The standard InChI is InChI=1S/C23H29ClN2O2/c1-5-12-25-23(28)18(4)26(15-20-8-6-7-9-21(20)24)22(27)14-19-11-10-16(2)17(3)13-19/h6-11,13,18H,5,12,14-15H2,1-4H3,(H,25,28)/t18-/m1/s1. The average Bonchev–Trinajstić information content (AvgIpc) is 2.67. The third-order valence-corrected chi connectivity index (χ3v) is 5.31. The second-order valence-corrected chi connectivity index (χ2v) is 7.58. The van der Waals surface area contributed by atoms with Crippen molar-refractivity contribution in [3.8, 4) is 0 Å². The van der Waals surface area contributed by atoms with Gasteiger partial charge in [-0.3, -0.25) is 9.59 Å². The van der Waals surface area contributed by atoms with E-state index in [-0.39, 0.29) is 18.2 Å². The van der Waals surface area contributed by atoms with Crippen molar-refractivity contribution in [2.45, 2.75) is 53.1 Å². The second kappa shape index (κ2) is 10.3. The Balaban J connectivity index is 2.25. The van der Waals surface area contributed by atoms with Crippen LogP contribution in [0.4, 0.5) is 0 Å². The summed E-state index contributed by atoms with van der Waals surface area (Å²) in [6, 6.07) is 12.9. The number of carbonyl (C=O) groups is 2. The molecule has 2 aromatic rings. The van der Waals surface area contributed by atoms with Gasteiger partial charge in [0.1, 0.15) is 6.04 Å². The van der Waals surface area contributed by atoms with Gasteiger partial charge in [-0.25, -0.2) is 0 Å². The lowest BCUT2D eigenvalue weighted by atomic mass is 10.0. The number of hydrogen-bond acceptors (Lipinski definition) is 2.